The van der Waals surface area contributed by atoms with Crippen LogP contribution < -0.4 is 0 Å². The van der Waals surface area contributed by atoms with Gasteiger partial charge in [-0.1, -0.05) is 32.9 Å². The predicted molar refractivity (Wildman–Crippen MR) is 142 cm³/mol. The number of esters is 3. The first-order valence-corrected chi connectivity index (χ1v) is 14.1. The van der Waals surface area contributed by atoms with Crippen molar-refractivity contribution < 1.29 is 52.8 Å². The van der Waals surface area contributed by atoms with Gasteiger partial charge in [0.1, 0.15) is 23.9 Å². The summed E-state index contributed by atoms with van der Waals surface area (Å²) in [5, 5.41) is 24.0. The van der Waals surface area contributed by atoms with Crippen LogP contribution in [0.5, 0.6) is 0 Å². The fraction of sp³-hybridized carbons (Fsp3) is 0.613. The van der Waals surface area contributed by atoms with Crippen molar-refractivity contribution >= 4 is 23.7 Å². The van der Waals surface area contributed by atoms with E-state index >= 15 is 0 Å². The Morgan fingerprint density at radius 3 is 2.52 bits per heavy atom. The lowest BCUT2D eigenvalue weighted by Crippen LogP contribution is -2.79. The van der Waals surface area contributed by atoms with Crippen LogP contribution in [-0.4, -0.2) is 70.5 Å². The number of furan rings is 1. The van der Waals surface area contributed by atoms with Gasteiger partial charge in [-0.2, -0.15) is 0 Å². The van der Waals surface area contributed by atoms with Gasteiger partial charge >= 0.3 is 17.9 Å². The summed E-state index contributed by atoms with van der Waals surface area (Å²) in [5.41, 5.74) is -6.26. The van der Waals surface area contributed by atoms with Crippen LogP contribution in [0.3, 0.4) is 0 Å². The zero-order valence-electron chi connectivity index (χ0n) is 24.4. The molecule has 42 heavy (non-hydrogen) atoms. The van der Waals surface area contributed by atoms with Crippen LogP contribution in [0, 0.1) is 28.1 Å². The van der Waals surface area contributed by atoms with Crippen LogP contribution in [0.2, 0.25) is 0 Å². The van der Waals surface area contributed by atoms with E-state index in [-0.39, 0.29) is 6.42 Å². The molecule has 2 saturated heterocycles. The number of fused-ring (bicyclic) bond motifs is 5. The number of carbonyl (C=O) groups is 4. The molecule has 0 aromatic carbocycles. The maximum Gasteiger partial charge on any atom is 0.335 e. The Labute approximate surface area is 242 Å². The molecule has 2 aliphatic heterocycles. The van der Waals surface area contributed by atoms with Crippen LogP contribution in [0.1, 0.15) is 59.1 Å². The van der Waals surface area contributed by atoms with Crippen LogP contribution in [0.15, 0.2) is 46.8 Å². The molecule has 11 nitrogen and oxygen atoms in total. The van der Waals surface area contributed by atoms with Gasteiger partial charge in [0.2, 0.25) is 0 Å². The van der Waals surface area contributed by atoms with Gasteiger partial charge in [-0.05, 0) is 31.9 Å². The summed E-state index contributed by atoms with van der Waals surface area (Å²) in [6, 6.07) is 1.73. The number of hydrogen-bond donors (Lipinski definition) is 2. The van der Waals surface area contributed by atoms with Crippen molar-refractivity contribution in [2.45, 2.75) is 83.1 Å². The summed E-state index contributed by atoms with van der Waals surface area (Å²) in [5.74, 6) is -4.75. The van der Waals surface area contributed by atoms with Crippen LogP contribution in [-0.2, 0) is 38.1 Å². The number of cyclic esters (lactones) is 1. The number of aliphatic hydroxyl groups is 2. The molecule has 0 unspecified atom stereocenters. The molecule has 3 heterocycles. The second kappa shape index (κ2) is 8.87. The molecule has 0 amide bonds. The van der Waals surface area contributed by atoms with E-state index < -0.39 is 87.4 Å². The van der Waals surface area contributed by atoms with Gasteiger partial charge in [0.05, 0.1) is 31.5 Å². The molecule has 6 rings (SSSR count). The van der Waals surface area contributed by atoms with E-state index in [1.54, 1.807) is 33.8 Å². The molecule has 0 radical (unpaired) electrons. The smallest absolute Gasteiger partial charge is 0.335 e. The number of ether oxygens (including phenoxy) is 4. The van der Waals surface area contributed by atoms with Gasteiger partial charge in [0.15, 0.2) is 17.5 Å². The van der Waals surface area contributed by atoms with Crippen molar-refractivity contribution in [1.82, 2.24) is 0 Å². The monoisotopic (exact) mass is 584 g/mol. The lowest BCUT2D eigenvalue weighted by atomic mass is 9.38. The van der Waals surface area contributed by atoms with Gasteiger partial charge in [0.25, 0.3) is 0 Å². The molecule has 11 heteroatoms. The molecule has 2 bridgehead atoms. The lowest BCUT2D eigenvalue weighted by Gasteiger charge is -2.64. The van der Waals surface area contributed by atoms with E-state index in [4.69, 9.17) is 23.4 Å². The molecule has 1 aromatic rings. The van der Waals surface area contributed by atoms with Crippen LogP contribution >= 0.6 is 0 Å². The third kappa shape index (κ3) is 3.27. The number of methoxy groups -OCH3 is 1. The molecule has 2 N–H and O–H groups in total. The highest BCUT2D eigenvalue weighted by atomic mass is 16.6. The average molecular weight is 585 g/mol. The number of allylic oxidation sites excluding steroid dienone is 2. The number of aliphatic hydroxyl groups excluding tert-OH is 1. The maximum atomic E-state index is 14.6. The normalized spacial score (nSPS) is 43.7. The van der Waals surface area contributed by atoms with Gasteiger partial charge in [-0.3, -0.25) is 9.59 Å². The molecule has 10 atom stereocenters. The van der Waals surface area contributed by atoms with Crippen molar-refractivity contribution in [1.29, 1.82) is 0 Å². The summed E-state index contributed by atoms with van der Waals surface area (Å²) in [7, 11) is 1.13. The minimum Gasteiger partial charge on any atom is -0.472 e. The molecule has 226 valence electrons. The number of rotatable bonds is 5. The molecule has 3 aliphatic carbocycles. The number of carbonyl (C=O) groups excluding carboxylic acids is 4. The molecular weight excluding hydrogens is 548 g/mol. The quantitative estimate of drug-likeness (QED) is 0.172. The zero-order chi connectivity index (χ0) is 30.6. The Morgan fingerprint density at radius 2 is 1.90 bits per heavy atom. The minimum atomic E-state index is -2.36. The highest BCUT2D eigenvalue weighted by Gasteiger charge is 2.89. The highest BCUT2D eigenvalue weighted by molar-refractivity contribution is 6.02. The number of ketones is 1. The molecular formula is C31H36O11. The molecule has 1 aromatic heterocycles. The van der Waals surface area contributed by atoms with Crippen molar-refractivity contribution in [3.8, 4) is 0 Å². The fourth-order valence-electron chi connectivity index (χ4n) is 9.20. The number of hydrogen-bond acceptors (Lipinski definition) is 11. The molecule has 1 spiro atoms. The van der Waals surface area contributed by atoms with E-state index in [9.17, 15) is 29.4 Å². The Kier molecular flexibility index (Phi) is 6.09. The molecule has 2 saturated carbocycles. The number of Topliss-reactive ketones (excluding diaryl/α,β-unsaturated/α-hetero) is 1. The van der Waals surface area contributed by atoms with E-state index in [0.29, 0.717) is 17.6 Å². The van der Waals surface area contributed by atoms with Gasteiger partial charge < -0.3 is 33.6 Å². The van der Waals surface area contributed by atoms with Crippen molar-refractivity contribution in [2.75, 3.05) is 7.11 Å². The van der Waals surface area contributed by atoms with E-state index in [1.165, 1.54) is 18.6 Å². The highest BCUT2D eigenvalue weighted by Crippen LogP contribution is 2.77. The Balaban J connectivity index is 1.59. The second-order valence-corrected chi connectivity index (χ2v) is 13.2. The first-order valence-electron chi connectivity index (χ1n) is 14.1. The summed E-state index contributed by atoms with van der Waals surface area (Å²) >= 11 is 0. The van der Waals surface area contributed by atoms with Crippen molar-refractivity contribution in [3.63, 3.8) is 0 Å². The largest absolute Gasteiger partial charge is 0.472 e. The summed E-state index contributed by atoms with van der Waals surface area (Å²) < 4.78 is 28.3. The summed E-state index contributed by atoms with van der Waals surface area (Å²) in [6.07, 6.45) is 2.63. The van der Waals surface area contributed by atoms with E-state index in [2.05, 4.69) is 0 Å². The Hall–Kier alpha value is -3.28. The van der Waals surface area contributed by atoms with E-state index in [0.717, 1.165) is 13.2 Å². The van der Waals surface area contributed by atoms with Gasteiger partial charge in [-0.25, -0.2) is 9.59 Å². The SMILES string of the molecule is CC=CC(=O)O[C@H]1C(C)(C)[C@H]([C@@H](O)C(=O)OC)[C@]2(C)C(=O)[C@@]1(O)[C@H]1O[C@@]13C2=CC[C@]1(C)[C@H]3CC(=O)O[C@H]1c1ccoc1. The standard InChI is InChI=1S/C31H36O11/c1-7-8-18(32)41-25-27(2,3)21(20(34)23(35)38-6)29(5)16-9-11-28(4)17(31(16)26(42-31)30(25,37)24(29)36)13-19(33)40-22(28)15-10-12-39-14-15/h7-10,12,14,17,20-22,25-26,34,37H,11,13H2,1-6H3/t17-,20-,21+,22+,25+,26-,28-,29-,30+,31-/m1/s1. The maximum absolute atomic E-state index is 14.6. The van der Waals surface area contributed by atoms with Gasteiger partial charge in [-0.15, -0.1) is 0 Å². The second-order valence-electron chi connectivity index (χ2n) is 13.2. The predicted octanol–water partition coefficient (Wildman–Crippen LogP) is 2.36. The van der Waals surface area contributed by atoms with Crippen LogP contribution in [0.4, 0.5) is 0 Å². The Bertz CT molecular complexity index is 1420. The Morgan fingerprint density at radius 1 is 1.19 bits per heavy atom. The van der Waals surface area contributed by atoms with Crippen LogP contribution in [0.25, 0.3) is 0 Å². The average Bonchev–Trinajstić information content (AvgIpc) is 3.42. The van der Waals surface area contributed by atoms with Gasteiger partial charge in [0, 0.05) is 34.3 Å². The van der Waals surface area contributed by atoms with E-state index in [1.807, 2.05) is 13.0 Å². The summed E-state index contributed by atoms with van der Waals surface area (Å²) in [4.78, 5) is 53.5. The number of epoxide rings is 1. The zero-order valence-corrected chi connectivity index (χ0v) is 24.4. The first kappa shape index (κ1) is 28.8. The topological polar surface area (TPSA) is 162 Å². The first-order chi connectivity index (χ1) is 19.7. The third-order valence-electron chi connectivity index (χ3n) is 10.8. The molecule has 4 fully saturated rings. The van der Waals surface area contributed by atoms with Crippen molar-refractivity contribution in [2.24, 2.45) is 28.1 Å². The summed E-state index contributed by atoms with van der Waals surface area (Å²) in [6.45, 7) is 8.46. The minimum absolute atomic E-state index is 0.0598. The lowest BCUT2D eigenvalue weighted by molar-refractivity contribution is -0.236. The van der Waals surface area contributed by atoms with Crippen molar-refractivity contribution in [3.05, 3.63) is 48.0 Å². The molecule has 5 aliphatic rings. The fourth-order valence-corrected chi connectivity index (χ4v) is 9.20. The third-order valence-corrected chi connectivity index (χ3v) is 10.8.